The van der Waals surface area contributed by atoms with Gasteiger partial charge >= 0.3 is 6.18 Å². The molecule has 3 nitrogen and oxygen atoms in total. The van der Waals surface area contributed by atoms with E-state index in [1.54, 1.807) is 18.3 Å². The van der Waals surface area contributed by atoms with Gasteiger partial charge in [-0.25, -0.2) is 4.98 Å². The molecule has 3 rings (SSSR count). The van der Waals surface area contributed by atoms with Crippen LogP contribution in [0.1, 0.15) is 21.6 Å². The lowest BCUT2D eigenvalue weighted by Crippen LogP contribution is -2.03. The van der Waals surface area contributed by atoms with Crippen LogP contribution >= 0.6 is 11.3 Å². The van der Waals surface area contributed by atoms with Crippen molar-refractivity contribution in [3.8, 4) is 0 Å². The maximum absolute atomic E-state index is 12.6. The molecule has 0 aliphatic carbocycles. The molecule has 0 spiro atoms. The van der Waals surface area contributed by atoms with Gasteiger partial charge in [0.1, 0.15) is 6.10 Å². The SMILES string of the molecule is OC(c1cnc(C(F)(F)F)s1)c1cncc2ccccc12. The normalized spacial score (nSPS) is 13.5. The van der Waals surface area contributed by atoms with Crippen molar-refractivity contribution in [2.24, 2.45) is 0 Å². The molecular weight excluding hydrogens is 301 g/mol. The number of hydrogen-bond acceptors (Lipinski definition) is 4. The number of nitrogens with zero attached hydrogens (tertiary/aromatic N) is 2. The van der Waals surface area contributed by atoms with Crippen molar-refractivity contribution in [2.75, 3.05) is 0 Å². The van der Waals surface area contributed by atoms with Gasteiger partial charge in [0, 0.05) is 29.5 Å². The van der Waals surface area contributed by atoms with Gasteiger partial charge in [0.05, 0.1) is 4.88 Å². The van der Waals surface area contributed by atoms with E-state index in [2.05, 4.69) is 9.97 Å². The van der Waals surface area contributed by atoms with Gasteiger partial charge in [0.25, 0.3) is 0 Å². The zero-order chi connectivity index (χ0) is 15.0. The van der Waals surface area contributed by atoms with E-state index in [0.29, 0.717) is 16.9 Å². The zero-order valence-corrected chi connectivity index (χ0v) is 11.3. The lowest BCUT2D eigenvalue weighted by atomic mass is 10.0. The minimum Gasteiger partial charge on any atom is -0.383 e. The quantitative estimate of drug-likeness (QED) is 0.783. The van der Waals surface area contributed by atoms with E-state index in [4.69, 9.17) is 0 Å². The van der Waals surface area contributed by atoms with Gasteiger partial charge in [-0.1, -0.05) is 24.3 Å². The van der Waals surface area contributed by atoms with Crippen LogP contribution < -0.4 is 0 Å². The Morgan fingerprint density at radius 1 is 1.10 bits per heavy atom. The van der Waals surface area contributed by atoms with Crippen LogP contribution in [0.2, 0.25) is 0 Å². The molecule has 0 amide bonds. The third-order valence-corrected chi connectivity index (χ3v) is 4.12. The summed E-state index contributed by atoms with van der Waals surface area (Å²) in [5.74, 6) is 0. The largest absolute Gasteiger partial charge is 0.443 e. The molecule has 1 N–H and O–H groups in total. The summed E-state index contributed by atoms with van der Waals surface area (Å²) >= 11 is 0.437. The fraction of sp³-hybridized carbons (Fsp3) is 0.143. The van der Waals surface area contributed by atoms with E-state index in [0.717, 1.165) is 17.0 Å². The van der Waals surface area contributed by atoms with Gasteiger partial charge in [-0.2, -0.15) is 13.2 Å². The molecule has 1 aromatic carbocycles. The monoisotopic (exact) mass is 310 g/mol. The van der Waals surface area contributed by atoms with E-state index < -0.39 is 17.3 Å². The fourth-order valence-corrected chi connectivity index (χ4v) is 2.84. The fourth-order valence-electron chi connectivity index (χ4n) is 2.06. The summed E-state index contributed by atoms with van der Waals surface area (Å²) < 4.78 is 37.7. The van der Waals surface area contributed by atoms with E-state index in [9.17, 15) is 18.3 Å². The summed E-state index contributed by atoms with van der Waals surface area (Å²) in [7, 11) is 0. The standard InChI is InChI=1S/C14H9F3N2OS/c15-14(16,17)13-19-7-11(21-13)12(20)10-6-18-5-8-3-1-2-4-9(8)10/h1-7,12,20H. The summed E-state index contributed by atoms with van der Waals surface area (Å²) in [5.41, 5.74) is 0.463. The molecular formula is C14H9F3N2OS. The third-order valence-electron chi connectivity index (χ3n) is 3.03. The predicted octanol–water partition coefficient (Wildman–Crippen LogP) is 3.79. The second kappa shape index (κ2) is 5.09. The molecule has 1 unspecified atom stereocenters. The third kappa shape index (κ3) is 2.62. The Balaban J connectivity index is 2.05. The zero-order valence-electron chi connectivity index (χ0n) is 10.5. The maximum atomic E-state index is 12.6. The van der Waals surface area contributed by atoms with Crippen LogP contribution in [0.5, 0.6) is 0 Å². The number of hydrogen-bond donors (Lipinski definition) is 1. The average molecular weight is 310 g/mol. The first-order chi connectivity index (χ1) is 9.97. The molecule has 2 aromatic heterocycles. The van der Waals surface area contributed by atoms with Crippen LogP contribution in [-0.2, 0) is 6.18 Å². The molecule has 0 bridgehead atoms. The van der Waals surface area contributed by atoms with E-state index in [-0.39, 0.29) is 4.88 Å². The molecule has 0 radical (unpaired) electrons. The van der Waals surface area contributed by atoms with Crippen molar-refractivity contribution < 1.29 is 18.3 Å². The van der Waals surface area contributed by atoms with Gasteiger partial charge in [0.15, 0.2) is 5.01 Å². The number of pyridine rings is 1. The van der Waals surface area contributed by atoms with Gasteiger partial charge in [-0.15, -0.1) is 11.3 Å². The van der Waals surface area contributed by atoms with Crippen LogP contribution in [0.3, 0.4) is 0 Å². The van der Waals surface area contributed by atoms with Crippen molar-refractivity contribution in [2.45, 2.75) is 12.3 Å². The number of aromatic nitrogens is 2. The Hall–Kier alpha value is -1.99. The summed E-state index contributed by atoms with van der Waals surface area (Å²) in [6.07, 6.45) is -1.53. The van der Waals surface area contributed by atoms with E-state index in [1.807, 2.05) is 12.1 Å². The first kappa shape index (κ1) is 14.0. The summed E-state index contributed by atoms with van der Waals surface area (Å²) in [5, 5.41) is 10.9. The van der Waals surface area contributed by atoms with E-state index in [1.165, 1.54) is 6.20 Å². The van der Waals surface area contributed by atoms with Gasteiger partial charge in [-0.05, 0) is 5.39 Å². The summed E-state index contributed by atoms with van der Waals surface area (Å²) in [4.78, 5) is 7.48. The van der Waals surface area contributed by atoms with Crippen LogP contribution in [-0.4, -0.2) is 15.1 Å². The molecule has 0 aliphatic rings. The number of benzene rings is 1. The first-order valence-electron chi connectivity index (χ1n) is 6.00. The molecule has 2 heterocycles. The lowest BCUT2D eigenvalue weighted by Gasteiger charge is -2.11. The van der Waals surface area contributed by atoms with Crippen LogP contribution in [0.15, 0.2) is 42.9 Å². The molecule has 21 heavy (non-hydrogen) atoms. The predicted molar refractivity (Wildman–Crippen MR) is 72.9 cm³/mol. The molecule has 0 saturated heterocycles. The van der Waals surface area contributed by atoms with Crippen LogP contribution in [0, 0.1) is 0 Å². The highest BCUT2D eigenvalue weighted by molar-refractivity contribution is 7.11. The minimum atomic E-state index is -4.50. The smallest absolute Gasteiger partial charge is 0.383 e. The molecule has 0 saturated carbocycles. The lowest BCUT2D eigenvalue weighted by molar-refractivity contribution is -0.137. The van der Waals surface area contributed by atoms with Crippen molar-refractivity contribution in [3.63, 3.8) is 0 Å². The van der Waals surface area contributed by atoms with Crippen molar-refractivity contribution >= 4 is 22.1 Å². The van der Waals surface area contributed by atoms with Crippen molar-refractivity contribution in [3.05, 3.63) is 58.3 Å². The number of rotatable bonds is 2. The number of aliphatic hydroxyl groups is 1. The van der Waals surface area contributed by atoms with Crippen LogP contribution in [0.4, 0.5) is 13.2 Å². The van der Waals surface area contributed by atoms with Crippen molar-refractivity contribution in [1.82, 2.24) is 9.97 Å². The number of halogens is 3. The van der Waals surface area contributed by atoms with Gasteiger partial charge in [0.2, 0.25) is 0 Å². The molecule has 0 aliphatic heterocycles. The molecule has 3 aromatic rings. The second-order valence-corrected chi connectivity index (χ2v) is 5.48. The summed E-state index contributed by atoms with van der Waals surface area (Å²) in [6, 6.07) is 7.24. The molecule has 0 fully saturated rings. The highest BCUT2D eigenvalue weighted by atomic mass is 32.1. The average Bonchev–Trinajstić information content (AvgIpc) is 2.96. The van der Waals surface area contributed by atoms with Crippen LogP contribution in [0.25, 0.3) is 10.8 Å². The van der Waals surface area contributed by atoms with Gasteiger partial charge in [-0.3, -0.25) is 4.98 Å². The summed E-state index contributed by atoms with van der Waals surface area (Å²) in [6.45, 7) is 0. The Morgan fingerprint density at radius 2 is 1.86 bits per heavy atom. The minimum absolute atomic E-state index is 0.139. The Kier molecular flexibility index (Phi) is 3.38. The molecule has 7 heteroatoms. The second-order valence-electron chi connectivity index (χ2n) is 4.42. The number of alkyl halides is 3. The Bertz CT molecular complexity index is 780. The highest BCUT2D eigenvalue weighted by Gasteiger charge is 2.35. The Labute approximate surface area is 121 Å². The topological polar surface area (TPSA) is 46.0 Å². The number of fused-ring (bicyclic) bond motifs is 1. The van der Waals surface area contributed by atoms with Crippen molar-refractivity contribution in [1.29, 1.82) is 0 Å². The molecule has 1 atom stereocenters. The van der Waals surface area contributed by atoms with Gasteiger partial charge < -0.3 is 5.11 Å². The molecule has 108 valence electrons. The first-order valence-corrected chi connectivity index (χ1v) is 6.82. The van der Waals surface area contributed by atoms with E-state index >= 15 is 0 Å². The number of aliphatic hydroxyl groups excluding tert-OH is 1. The maximum Gasteiger partial charge on any atom is 0.443 e. The highest BCUT2D eigenvalue weighted by Crippen LogP contribution is 2.37. The Morgan fingerprint density at radius 3 is 2.57 bits per heavy atom. The number of thiazole rings is 1.